The van der Waals surface area contributed by atoms with E-state index in [1.807, 2.05) is 0 Å². The Kier molecular flexibility index (Phi) is 4.33. The second-order valence-electron chi connectivity index (χ2n) is 4.50. The molecular formula is C15H14ClFN2O2. The van der Waals surface area contributed by atoms with Crippen molar-refractivity contribution in [3.63, 3.8) is 0 Å². The number of benzene rings is 2. The molecule has 0 aliphatic heterocycles. The minimum atomic E-state index is -0.622. The average Bonchev–Trinajstić information content (AvgIpc) is 2.43. The van der Waals surface area contributed by atoms with Gasteiger partial charge in [0, 0.05) is 10.7 Å². The maximum absolute atomic E-state index is 14.0. The number of rotatable bonds is 3. The van der Waals surface area contributed by atoms with Gasteiger partial charge in [-0.1, -0.05) is 11.6 Å². The van der Waals surface area contributed by atoms with Crippen molar-refractivity contribution in [1.29, 1.82) is 0 Å². The maximum Gasteiger partial charge on any atom is 0.258 e. The molecule has 0 fully saturated rings. The van der Waals surface area contributed by atoms with Crippen molar-refractivity contribution in [3.8, 4) is 5.75 Å². The third-order valence-corrected chi connectivity index (χ3v) is 3.17. The molecule has 110 valence electrons. The molecule has 21 heavy (non-hydrogen) atoms. The van der Waals surface area contributed by atoms with Crippen molar-refractivity contribution < 1.29 is 13.9 Å². The SMILES string of the molecule is COc1ccc(Cl)cc1NC(=O)c1cc(N)cc(C)c1F. The number of ether oxygens (including phenoxy) is 1. The monoisotopic (exact) mass is 308 g/mol. The lowest BCUT2D eigenvalue weighted by molar-refractivity contribution is 0.102. The number of anilines is 2. The van der Waals surface area contributed by atoms with Crippen LogP contribution in [0, 0.1) is 12.7 Å². The number of nitrogens with one attached hydrogen (secondary N) is 1. The molecule has 2 aromatic carbocycles. The molecule has 3 N–H and O–H groups in total. The summed E-state index contributed by atoms with van der Waals surface area (Å²) in [6.45, 7) is 1.54. The molecule has 1 amide bonds. The predicted octanol–water partition coefficient (Wildman–Crippen LogP) is 3.63. The molecule has 0 unspecified atom stereocenters. The summed E-state index contributed by atoms with van der Waals surface area (Å²) in [5.74, 6) is -0.806. The zero-order valence-electron chi connectivity index (χ0n) is 11.5. The number of carbonyl (C=O) groups excluding carboxylic acids is 1. The highest BCUT2D eigenvalue weighted by Gasteiger charge is 2.16. The Morgan fingerprint density at radius 2 is 2.05 bits per heavy atom. The van der Waals surface area contributed by atoms with E-state index < -0.39 is 11.7 Å². The summed E-state index contributed by atoms with van der Waals surface area (Å²) in [6.07, 6.45) is 0. The summed E-state index contributed by atoms with van der Waals surface area (Å²) in [4.78, 5) is 12.2. The van der Waals surface area contributed by atoms with Crippen molar-refractivity contribution >= 4 is 28.9 Å². The second-order valence-corrected chi connectivity index (χ2v) is 4.93. The van der Waals surface area contributed by atoms with Crippen LogP contribution in [0.5, 0.6) is 5.75 Å². The van der Waals surface area contributed by atoms with Crippen LogP contribution in [0.15, 0.2) is 30.3 Å². The minimum absolute atomic E-state index is 0.130. The fourth-order valence-electron chi connectivity index (χ4n) is 1.93. The number of nitrogen functional groups attached to an aromatic ring is 1. The van der Waals surface area contributed by atoms with Gasteiger partial charge in [0.05, 0.1) is 18.4 Å². The van der Waals surface area contributed by atoms with Gasteiger partial charge in [-0.05, 0) is 42.8 Å². The van der Waals surface area contributed by atoms with Gasteiger partial charge >= 0.3 is 0 Å². The van der Waals surface area contributed by atoms with Crippen LogP contribution < -0.4 is 15.8 Å². The molecule has 0 aliphatic carbocycles. The average molecular weight is 309 g/mol. The number of hydrogen-bond donors (Lipinski definition) is 2. The van der Waals surface area contributed by atoms with Crippen molar-refractivity contribution in [3.05, 3.63) is 52.3 Å². The highest BCUT2D eigenvalue weighted by Crippen LogP contribution is 2.28. The van der Waals surface area contributed by atoms with Crippen LogP contribution >= 0.6 is 11.6 Å². The number of carbonyl (C=O) groups is 1. The van der Waals surface area contributed by atoms with Crippen LogP contribution in [-0.2, 0) is 0 Å². The molecule has 2 rings (SSSR count). The fourth-order valence-corrected chi connectivity index (χ4v) is 2.10. The van der Waals surface area contributed by atoms with E-state index >= 15 is 0 Å². The molecule has 6 heteroatoms. The van der Waals surface area contributed by atoms with Crippen molar-refractivity contribution in [2.75, 3.05) is 18.2 Å². The number of nitrogens with two attached hydrogens (primary N) is 1. The lowest BCUT2D eigenvalue weighted by Gasteiger charge is -2.12. The number of methoxy groups -OCH3 is 1. The van der Waals surface area contributed by atoms with E-state index in [0.717, 1.165) is 0 Å². The number of hydrogen-bond acceptors (Lipinski definition) is 3. The standard InChI is InChI=1S/C15H14ClFN2O2/c1-8-5-10(18)7-11(14(8)17)15(20)19-12-6-9(16)3-4-13(12)21-2/h3-7H,18H2,1-2H3,(H,19,20). The highest BCUT2D eigenvalue weighted by molar-refractivity contribution is 6.31. The number of aryl methyl sites for hydroxylation is 1. The smallest absolute Gasteiger partial charge is 0.258 e. The summed E-state index contributed by atoms with van der Waals surface area (Å²) in [5, 5.41) is 3.00. The molecule has 0 heterocycles. The van der Waals surface area contributed by atoms with Gasteiger partial charge in [0.25, 0.3) is 5.91 Å². The molecule has 0 spiro atoms. The Labute approximate surface area is 126 Å². The summed E-state index contributed by atoms with van der Waals surface area (Å²) >= 11 is 5.88. The Hall–Kier alpha value is -2.27. The van der Waals surface area contributed by atoms with Gasteiger partial charge in [-0.3, -0.25) is 4.79 Å². The van der Waals surface area contributed by atoms with E-state index in [-0.39, 0.29) is 5.56 Å². The highest BCUT2D eigenvalue weighted by atomic mass is 35.5. The first-order valence-electron chi connectivity index (χ1n) is 6.13. The predicted molar refractivity (Wildman–Crippen MR) is 81.5 cm³/mol. The molecule has 0 bridgehead atoms. The van der Waals surface area contributed by atoms with Gasteiger partial charge in [0.1, 0.15) is 11.6 Å². The van der Waals surface area contributed by atoms with Crippen molar-refractivity contribution in [2.24, 2.45) is 0 Å². The van der Waals surface area contributed by atoms with E-state index in [1.165, 1.54) is 25.3 Å². The molecule has 0 radical (unpaired) electrons. The van der Waals surface area contributed by atoms with Crippen LogP contribution in [0.2, 0.25) is 5.02 Å². The van der Waals surface area contributed by atoms with Gasteiger partial charge in [-0.25, -0.2) is 4.39 Å². The Balaban J connectivity index is 2.37. The first-order chi connectivity index (χ1) is 9.92. The van der Waals surface area contributed by atoms with Gasteiger partial charge in [0.15, 0.2) is 0 Å². The van der Waals surface area contributed by atoms with Crippen LogP contribution in [0.4, 0.5) is 15.8 Å². The minimum Gasteiger partial charge on any atom is -0.495 e. The first kappa shape index (κ1) is 15.1. The third kappa shape index (κ3) is 3.25. The van der Waals surface area contributed by atoms with Gasteiger partial charge in [0.2, 0.25) is 0 Å². The fraction of sp³-hybridized carbons (Fsp3) is 0.133. The van der Waals surface area contributed by atoms with E-state index in [1.54, 1.807) is 19.1 Å². The molecular weight excluding hydrogens is 295 g/mol. The largest absolute Gasteiger partial charge is 0.495 e. The normalized spacial score (nSPS) is 10.3. The summed E-state index contributed by atoms with van der Waals surface area (Å²) in [7, 11) is 1.46. The molecule has 2 aromatic rings. The van der Waals surface area contributed by atoms with Crippen LogP contribution in [0.25, 0.3) is 0 Å². The quantitative estimate of drug-likeness (QED) is 0.851. The van der Waals surface area contributed by atoms with E-state index in [0.29, 0.717) is 27.7 Å². The zero-order chi connectivity index (χ0) is 15.6. The Bertz CT molecular complexity index is 704. The third-order valence-electron chi connectivity index (χ3n) is 2.93. The van der Waals surface area contributed by atoms with Crippen LogP contribution in [-0.4, -0.2) is 13.0 Å². The Morgan fingerprint density at radius 3 is 2.71 bits per heavy atom. The van der Waals surface area contributed by atoms with Gasteiger partial charge in [-0.15, -0.1) is 0 Å². The van der Waals surface area contributed by atoms with E-state index in [9.17, 15) is 9.18 Å². The number of halogens is 2. The summed E-state index contributed by atoms with van der Waals surface area (Å²) in [5.41, 5.74) is 6.49. The van der Waals surface area contributed by atoms with Crippen molar-refractivity contribution in [1.82, 2.24) is 0 Å². The molecule has 0 atom stereocenters. The van der Waals surface area contributed by atoms with E-state index in [2.05, 4.69) is 5.32 Å². The van der Waals surface area contributed by atoms with Gasteiger partial charge in [-0.2, -0.15) is 0 Å². The summed E-state index contributed by atoms with van der Waals surface area (Å²) < 4.78 is 19.1. The van der Waals surface area contributed by atoms with Crippen LogP contribution in [0.1, 0.15) is 15.9 Å². The second kappa shape index (κ2) is 6.01. The van der Waals surface area contributed by atoms with E-state index in [4.69, 9.17) is 22.1 Å². The van der Waals surface area contributed by atoms with Crippen LogP contribution in [0.3, 0.4) is 0 Å². The number of amides is 1. The molecule has 0 saturated heterocycles. The maximum atomic E-state index is 14.0. The lowest BCUT2D eigenvalue weighted by atomic mass is 10.1. The first-order valence-corrected chi connectivity index (χ1v) is 6.50. The molecule has 0 aliphatic rings. The Morgan fingerprint density at radius 1 is 1.33 bits per heavy atom. The summed E-state index contributed by atoms with van der Waals surface area (Å²) in [6, 6.07) is 7.51. The van der Waals surface area contributed by atoms with Gasteiger partial charge < -0.3 is 15.8 Å². The molecule has 0 saturated carbocycles. The molecule has 0 aromatic heterocycles. The van der Waals surface area contributed by atoms with Crippen molar-refractivity contribution in [2.45, 2.75) is 6.92 Å². The lowest BCUT2D eigenvalue weighted by Crippen LogP contribution is -2.15. The molecule has 4 nitrogen and oxygen atoms in total. The zero-order valence-corrected chi connectivity index (χ0v) is 12.3. The topological polar surface area (TPSA) is 64.3 Å².